The quantitative estimate of drug-likeness (QED) is 0.414. The second kappa shape index (κ2) is 9.10. The van der Waals surface area contributed by atoms with Gasteiger partial charge in [-0.25, -0.2) is 4.39 Å². The first kappa shape index (κ1) is 19.6. The monoisotopic (exact) mass is 382 g/mol. The minimum Gasteiger partial charge on any atom is -0.481 e. The van der Waals surface area contributed by atoms with Crippen LogP contribution >= 0.6 is 11.8 Å². The van der Waals surface area contributed by atoms with Crippen molar-refractivity contribution in [3.63, 3.8) is 0 Å². The molecule has 0 heterocycles. The third kappa shape index (κ3) is 5.66. The van der Waals surface area contributed by atoms with Crippen molar-refractivity contribution in [2.24, 2.45) is 0 Å². The van der Waals surface area contributed by atoms with Gasteiger partial charge in [-0.1, -0.05) is 18.2 Å². The molecule has 0 aliphatic heterocycles. The summed E-state index contributed by atoms with van der Waals surface area (Å²) in [6.45, 7) is -3.00. The number of ketones is 1. The first-order chi connectivity index (χ1) is 12.4. The minimum absolute atomic E-state index is 0.0469. The standard InChI is InChI=1S/C18H13F3O4S/c19-13-9-12(6-8-16(13)26-10-17(23)24)14(22)7-5-11-3-1-2-4-15(11)25-18(20)21/h1-9,18H,10H2,(H,23,24)/b7-5+. The van der Waals surface area contributed by atoms with Gasteiger partial charge in [0.05, 0.1) is 5.75 Å². The molecule has 0 amide bonds. The van der Waals surface area contributed by atoms with Crippen LogP contribution in [-0.2, 0) is 4.79 Å². The molecule has 0 saturated heterocycles. The van der Waals surface area contributed by atoms with Gasteiger partial charge in [0.25, 0.3) is 0 Å². The summed E-state index contributed by atoms with van der Waals surface area (Å²) in [6, 6.07) is 9.62. The molecule has 2 aromatic carbocycles. The van der Waals surface area contributed by atoms with E-state index in [1.165, 1.54) is 36.4 Å². The highest BCUT2D eigenvalue weighted by atomic mass is 32.2. The Kier molecular flexibility index (Phi) is 6.85. The van der Waals surface area contributed by atoms with E-state index < -0.39 is 24.2 Å². The van der Waals surface area contributed by atoms with Crippen LogP contribution in [-0.4, -0.2) is 29.2 Å². The van der Waals surface area contributed by atoms with Crippen molar-refractivity contribution in [2.45, 2.75) is 11.5 Å². The maximum atomic E-state index is 13.9. The molecular weight excluding hydrogens is 369 g/mol. The number of rotatable bonds is 8. The molecule has 0 aliphatic rings. The number of para-hydroxylation sites is 1. The molecule has 0 radical (unpaired) electrons. The van der Waals surface area contributed by atoms with E-state index in [4.69, 9.17) is 5.11 Å². The largest absolute Gasteiger partial charge is 0.481 e. The van der Waals surface area contributed by atoms with Crippen molar-refractivity contribution in [1.29, 1.82) is 0 Å². The molecule has 0 spiro atoms. The van der Waals surface area contributed by atoms with Crippen molar-refractivity contribution in [2.75, 3.05) is 5.75 Å². The van der Waals surface area contributed by atoms with Crippen molar-refractivity contribution >= 4 is 29.6 Å². The van der Waals surface area contributed by atoms with Crippen LogP contribution in [0.1, 0.15) is 15.9 Å². The number of carboxylic acids is 1. The zero-order valence-corrected chi connectivity index (χ0v) is 14.0. The summed E-state index contributed by atoms with van der Waals surface area (Å²) in [4.78, 5) is 22.8. The summed E-state index contributed by atoms with van der Waals surface area (Å²) in [6.07, 6.45) is 2.41. The van der Waals surface area contributed by atoms with Crippen molar-refractivity contribution < 1.29 is 32.6 Å². The van der Waals surface area contributed by atoms with Crippen LogP contribution in [0.3, 0.4) is 0 Å². The third-order valence-corrected chi connectivity index (χ3v) is 4.15. The van der Waals surface area contributed by atoms with E-state index in [-0.39, 0.29) is 27.5 Å². The highest BCUT2D eigenvalue weighted by Crippen LogP contribution is 2.24. The highest BCUT2D eigenvalue weighted by Gasteiger charge is 2.11. The zero-order valence-electron chi connectivity index (χ0n) is 13.2. The number of carboxylic acid groups (broad SMARTS) is 1. The molecule has 26 heavy (non-hydrogen) atoms. The molecule has 0 atom stereocenters. The van der Waals surface area contributed by atoms with Crippen LogP contribution < -0.4 is 4.74 Å². The summed E-state index contributed by atoms with van der Waals surface area (Å²) < 4.78 is 43.0. The lowest BCUT2D eigenvalue weighted by molar-refractivity contribution is -0.133. The van der Waals surface area contributed by atoms with Gasteiger partial charge in [0.2, 0.25) is 0 Å². The molecule has 0 bridgehead atoms. The molecule has 8 heteroatoms. The van der Waals surface area contributed by atoms with Gasteiger partial charge in [0.15, 0.2) is 5.78 Å². The Balaban J connectivity index is 2.14. The predicted octanol–water partition coefficient (Wildman–Crippen LogP) is 4.50. The number of aliphatic carboxylic acids is 1. The van der Waals surface area contributed by atoms with Gasteiger partial charge in [-0.2, -0.15) is 8.78 Å². The molecule has 0 fully saturated rings. The van der Waals surface area contributed by atoms with Gasteiger partial charge >= 0.3 is 12.6 Å². The lowest BCUT2D eigenvalue weighted by atomic mass is 10.1. The number of halogens is 3. The number of alkyl halides is 2. The SMILES string of the molecule is O=C(O)CSc1ccc(C(=O)/C=C/c2ccccc2OC(F)F)cc1F. The average molecular weight is 382 g/mol. The first-order valence-electron chi connectivity index (χ1n) is 7.27. The molecule has 0 aromatic heterocycles. The zero-order chi connectivity index (χ0) is 19.1. The van der Waals surface area contributed by atoms with E-state index >= 15 is 0 Å². The van der Waals surface area contributed by atoms with Gasteiger partial charge in [-0.15, -0.1) is 11.8 Å². The second-order valence-corrected chi connectivity index (χ2v) is 5.96. The van der Waals surface area contributed by atoms with Crippen LogP contribution in [0.5, 0.6) is 5.75 Å². The summed E-state index contributed by atoms with van der Waals surface area (Å²) in [5, 5.41) is 8.60. The molecule has 1 N–H and O–H groups in total. The van der Waals surface area contributed by atoms with Crippen LogP contribution in [0.2, 0.25) is 0 Å². The van der Waals surface area contributed by atoms with Gasteiger partial charge in [-0.3, -0.25) is 9.59 Å². The normalized spacial score (nSPS) is 11.1. The van der Waals surface area contributed by atoms with Crippen LogP contribution in [0, 0.1) is 5.82 Å². The average Bonchev–Trinajstić information content (AvgIpc) is 2.59. The molecule has 0 aliphatic carbocycles. The lowest BCUT2D eigenvalue weighted by Gasteiger charge is -2.07. The first-order valence-corrected chi connectivity index (χ1v) is 8.26. The van der Waals surface area contributed by atoms with Gasteiger partial charge in [-0.05, 0) is 36.4 Å². The maximum Gasteiger partial charge on any atom is 0.387 e. The van der Waals surface area contributed by atoms with E-state index in [1.54, 1.807) is 6.07 Å². The maximum absolute atomic E-state index is 13.9. The Labute approximate surface area is 151 Å². The molecule has 4 nitrogen and oxygen atoms in total. The fraction of sp³-hybridized carbons (Fsp3) is 0.111. The summed E-state index contributed by atoms with van der Waals surface area (Å²) >= 11 is 0.802. The van der Waals surface area contributed by atoms with Gasteiger partial charge in [0.1, 0.15) is 11.6 Å². The summed E-state index contributed by atoms with van der Waals surface area (Å²) in [7, 11) is 0. The number of benzene rings is 2. The fourth-order valence-corrected chi connectivity index (χ4v) is 2.63. The number of hydrogen-bond acceptors (Lipinski definition) is 4. The minimum atomic E-state index is -3.00. The van der Waals surface area contributed by atoms with Crippen molar-refractivity contribution in [3.05, 3.63) is 65.5 Å². The summed E-state index contributed by atoms with van der Waals surface area (Å²) in [5.74, 6) is -2.71. The Bertz CT molecular complexity index is 837. The van der Waals surface area contributed by atoms with E-state index in [1.807, 2.05) is 0 Å². The van der Waals surface area contributed by atoms with E-state index in [0.717, 1.165) is 23.9 Å². The molecule has 0 saturated carbocycles. The number of carbonyl (C=O) groups excluding carboxylic acids is 1. The van der Waals surface area contributed by atoms with Crippen LogP contribution in [0.15, 0.2) is 53.4 Å². The second-order valence-electron chi connectivity index (χ2n) is 4.94. The number of thioether (sulfide) groups is 1. The predicted molar refractivity (Wildman–Crippen MR) is 91.2 cm³/mol. The molecule has 136 valence electrons. The number of allylic oxidation sites excluding steroid dienone is 1. The van der Waals surface area contributed by atoms with Crippen molar-refractivity contribution in [3.8, 4) is 5.75 Å². The molecule has 0 unspecified atom stereocenters. The number of carbonyl (C=O) groups is 2. The molecule has 2 rings (SSSR count). The summed E-state index contributed by atoms with van der Waals surface area (Å²) in [5.41, 5.74) is 0.320. The number of ether oxygens (including phenoxy) is 1. The van der Waals surface area contributed by atoms with Crippen LogP contribution in [0.25, 0.3) is 6.08 Å². The Morgan fingerprint density at radius 1 is 1.19 bits per heavy atom. The Morgan fingerprint density at radius 2 is 1.92 bits per heavy atom. The number of hydrogen-bond donors (Lipinski definition) is 1. The Hall–Kier alpha value is -2.74. The third-order valence-electron chi connectivity index (χ3n) is 3.12. The van der Waals surface area contributed by atoms with Crippen molar-refractivity contribution in [1.82, 2.24) is 0 Å². The Morgan fingerprint density at radius 3 is 2.58 bits per heavy atom. The molecule has 2 aromatic rings. The fourth-order valence-electron chi connectivity index (χ4n) is 1.99. The smallest absolute Gasteiger partial charge is 0.387 e. The van der Waals surface area contributed by atoms with E-state index in [2.05, 4.69) is 4.74 Å². The van der Waals surface area contributed by atoms with Crippen LogP contribution in [0.4, 0.5) is 13.2 Å². The van der Waals surface area contributed by atoms with Gasteiger partial charge < -0.3 is 9.84 Å². The lowest BCUT2D eigenvalue weighted by Crippen LogP contribution is -2.03. The highest BCUT2D eigenvalue weighted by molar-refractivity contribution is 8.00. The van der Waals surface area contributed by atoms with Gasteiger partial charge in [0, 0.05) is 16.0 Å². The van der Waals surface area contributed by atoms with E-state index in [9.17, 15) is 22.8 Å². The molecular formula is C18H13F3O4S. The van der Waals surface area contributed by atoms with E-state index in [0.29, 0.717) is 0 Å². The topological polar surface area (TPSA) is 63.6 Å².